The van der Waals surface area contributed by atoms with E-state index in [9.17, 15) is 9.59 Å². The molecule has 33 heavy (non-hydrogen) atoms. The fraction of sp³-hybridized carbons (Fsp3) is 0.440. The first-order valence-electron chi connectivity index (χ1n) is 10.8. The summed E-state index contributed by atoms with van der Waals surface area (Å²) >= 11 is 16.2. The van der Waals surface area contributed by atoms with Crippen LogP contribution in [0.15, 0.2) is 40.9 Å². The Labute approximate surface area is 214 Å². The van der Waals surface area contributed by atoms with Crippen LogP contribution in [-0.2, 0) is 16.1 Å². The number of carbonyl (C=O) groups excluding carboxylic acids is 2. The number of rotatable bonds is 8. The van der Waals surface area contributed by atoms with Crippen LogP contribution in [-0.4, -0.2) is 34.9 Å². The topological polar surface area (TPSA) is 58.6 Å². The maximum absolute atomic E-state index is 13.3. The van der Waals surface area contributed by atoms with E-state index < -0.39 is 11.6 Å². The third-order valence-corrected chi connectivity index (χ3v) is 6.36. The van der Waals surface area contributed by atoms with Gasteiger partial charge in [0.2, 0.25) is 5.91 Å². The van der Waals surface area contributed by atoms with Crippen molar-refractivity contribution in [3.05, 3.63) is 62.0 Å². The first-order valence-corrected chi connectivity index (χ1v) is 12.3. The molecule has 2 aromatic rings. The number of nitrogens with zero attached hydrogens (tertiary/aromatic N) is 1. The fourth-order valence-electron chi connectivity index (χ4n) is 3.13. The summed E-state index contributed by atoms with van der Waals surface area (Å²) in [6.07, 6.45) is 0. The maximum Gasteiger partial charge on any atom is 0.261 e. The van der Waals surface area contributed by atoms with Crippen LogP contribution in [0.4, 0.5) is 0 Å². The molecule has 0 saturated heterocycles. The number of ether oxygens (including phenoxy) is 1. The van der Waals surface area contributed by atoms with E-state index >= 15 is 0 Å². The summed E-state index contributed by atoms with van der Waals surface area (Å²) < 4.78 is 6.57. The summed E-state index contributed by atoms with van der Waals surface area (Å²) in [4.78, 5) is 27.6. The van der Waals surface area contributed by atoms with Gasteiger partial charge < -0.3 is 15.0 Å². The molecule has 2 rings (SSSR count). The lowest BCUT2D eigenvalue weighted by atomic mass is 10.0. The highest BCUT2D eigenvalue weighted by molar-refractivity contribution is 9.10. The molecule has 2 amide bonds. The Balaban J connectivity index is 2.26. The zero-order valence-electron chi connectivity index (χ0n) is 19.8. The Hall–Kier alpha value is -1.76. The molecule has 0 aromatic heterocycles. The summed E-state index contributed by atoms with van der Waals surface area (Å²) in [5, 5.41) is 3.78. The largest absolute Gasteiger partial charge is 0.483 e. The molecule has 0 unspecified atom stereocenters. The second-order valence-electron chi connectivity index (χ2n) is 9.27. The predicted molar refractivity (Wildman–Crippen MR) is 138 cm³/mol. The van der Waals surface area contributed by atoms with E-state index in [1.54, 1.807) is 25.1 Å². The number of amides is 2. The van der Waals surface area contributed by atoms with Crippen molar-refractivity contribution in [2.24, 2.45) is 0 Å². The average Bonchev–Trinajstić information content (AvgIpc) is 2.70. The molecule has 0 heterocycles. The van der Waals surface area contributed by atoms with Crippen molar-refractivity contribution in [3.63, 3.8) is 0 Å². The second-order valence-corrected chi connectivity index (χ2v) is 10.9. The van der Waals surface area contributed by atoms with Crippen LogP contribution < -0.4 is 10.1 Å². The van der Waals surface area contributed by atoms with Crippen molar-refractivity contribution in [1.82, 2.24) is 10.2 Å². The smallest absolute Gasteiger partial charge is 0.261 e. The summed E-state index contributed by atoms with van der Waals surface area (Å²) in [5.74, 6) is 0.286. The zero-order chi connectivity index (χ0) is 24.9. The molecule has 0 aliphatic carbocycles. The zero-order valence-corrected chi connectivity index (χ0v) is 22.9. The van der Waals surface area contributed by atoms with Crippen LogP contribution in [0, 0.1) is 0 Å². The minimum atomic E-state index is -0.764. The van der Waals surface area contributed by atoms with E-state index in [0.29, 0.717) is 27.3 Å². The Kier molecular flexibility index (Phi) is 9.65. The summed E-state index contributed by atoms with van der Waals surface area (Å²) in [5.41, 5.74) is 1.29. The van der Waals surface area contributed by atoms with Crippen LogP contribution in [0.1, 0.15) is 58.6 Å². The minimum absolute atomic E-state index is 0.0763. The number of halogens is 3. The third kappa shape index (κ3) is 7.90. The summed E-state index contributed by atoms with van der Waals surface area (Å²) in [6.45, 7) is 11.4. The minimum Gasteiger partial charge on any atom is -0.483 e. The molecular formula is C25H31BrCl2N2O3. The third-order valence-electron chi connectivity index (χ3n) is 5.03. The van der Waals surface area contributed by atoms with Gasteiger partial charge in [-0.3, -0.25) is 9.59 Å². The van der Waals surface area contributed by atoms with E-state index in [2.05, 4.69) is 35.1 Å². The first kappa shape index (κ1) is 27.5. The Morgan fingerprint density at radius 1 is 1.09 bits per heavy atom. The molecule has 0 aliphatic heterocycles. The lowest BCUT2D eigenvalue weighted by Crippen LogP contribution is -2.53. The van der Waals surface area contributed by atoms with Gasteiger partial charge >= 0.3 is 0 Å². The van der Waals surface area contributed by atoms with Crippen LogP contribution in [0.25, 0.3) is 0 Å². The Bertz CT molecular complexity index is 985. The van der Waals surface area contributed by atoms with Gasteiger partial charge in [-0.15, -0.1) is 0 Å². The lowest BCUT2D eigenvalue weighted by molar-refractivity contribution is -0.142. The van der Waals surface area contributed by atoms with Gasteiger partial charge in [-0.05, 0) is 79.4 Å². The summed E-state index contributed by atoms with van der Waals surface area (Å²) in [6, 6.07) is 10.2. The van der Waals surface area contributed by atoms with Gasteiger partial charge in [-0.2, -0.15) is 0 Å². The lowest BCUT2D eigenvalue weighted by Gasteiger charge is -2.31. The van der Waals surface area contributed by atoms with E-state index in [0.717, 1.165) is 10.0 Å². The molecule has 2 aromatic carbocycles. The van der Waals surface area contributed by atoms with Crippen molar-refractivity contribution in [2.45, 2.75) is 65.6 Å². The highest BCUT2D eigenvalue weighted by atomic mass is 79.9. The summed E-state index contributed by atoms with van der Waals surface area (Å²) in [7, 11) is 0. The van der Waals surface area contributed by atoms with Crippen LogP contribution in [0.2, 0.25) is 10.0 Å². The van der Waals surface area contributed by atoms with Gasteiger partial charge in [-0.1, -0.05) is 49.2 Å². The molecule has 8 heteroatoms. The number of hydrogen-bond acceptors (Lipinski definition) is 3. The van der Waals surface area contributed by atoms with Gasteiger partial charge in [0, 0.05) is 27.7 Å². The van der Waals surface area contributed by atoms with E-state index in [1.807, 2.05) is 39.0 Å². The Morgan fingerprint density at radius 2 is 1.70 bits per heavy atom. The van der Waals surface area contributed by atoms with Crippen LogP contribution in [0.5, 0.6) is 5.75 Å². The number of carbonyl (C=O) groups is 2. The van der Waals surface area contributed by atoms with Gasteiger partial charge in [0.15, 0.2) is 6.61 Å². The molecule has 0 saturated carbocycles. The van der Waals surface area contributed by atoms with Crippen LogP contribution in [0.3, 0.4) is 0 Å². The molecule has 0 radical (unpaired) electrons. The molecule has 5 nitrogen and oxygen atoms in total. The highest BCUT2D eigenvalue weighted by Crippen LogP contribution is 2.30. The second kappa shape index (κ2) is 11.6. The van der Waals surface area contributed by atoms with E-state index in [4.69, 9.17) is 27.9 Å². The van der Waals surface area contributed by atoms with Gasteiger partial charge in [0.25, 0.3) is 5.91 Å². The highest BCUT2D eigenvalue weighted by Gasteiger charge is 2.29. The van der Waals surface area contributed by atoms with Crippen molar-refractivity contribution in [2.75, 3.05) is 6.61 Å². The van der Waals surface area contributed by atoms with Crippen molar-refractivity contribution < 1.29 is 14.3 Å². The van der Waals surface area contributed by atoms with Crippen molar-refractivity contribution in [1.29, 1.82) is 0 Å². The average molecular weight is 558 g/mol. The van der Waals surface area contributed by atoms with Crippen LogP contribution >= 0.6 is 39.1 Å². The normalized spacial score (nSPS) is 12.4. The Morgan fingerprint density at radius 3 is 2.21 bits per heavy atom. The molecular weight excluding hydrogens is 527 g/mol. The van der Waals surface area contributed by atoms with E-state index in [1.165, 1.54) is 4.90 Å². The predicted octanol–water partition coefficient (Wildman–Crippen LogP) is 6.59. The monoisotopic (exact) mass is 556 g/mol. The standard InChI is InChI=1S/C25H31BrCl2N2O3/c1-15(2)17-10-11-22(19(26)12-17)33-14-23(31)30(16(3)24(32)29-25(4,5)6)13-18-20(27)8-7-9-21(18)28/h7-12,15-16H,13-14H2,1-6H3,(H,29,32)/t16-/m0/s1. The molecule has 1 atom stereocenters. The molecule has 0 bridgehead atoms. The maximum atomic E-state index is 13.3. The fourth-order valence-corrected chi connectivity index (χ4v) is 4.15. The quantitative estimate of drug-likeness (QED) is 0.398. The van der Waals surface area contributed by atoms with E-state index in [-0.39, 0.29) is 25.0 Å². The molecule has 180 valence electrons. The van der Waals surface area contributed by atoms with Crippen molar-refractivity contribution in [3.8, 4) is 5.75 Å². The van der Waals surface area contributed by atoms with Gasteiger partial charge in [0.1, 0.15) is 11.8 Å². The van der Waals surface area contributed by atoms with Gasteiger partial charge in [-0.25, -0.2) is 0 Å². The molecule has 1 N–H and O–H groups in total. The first-order chi connectivity index (χ1) is 15.3. The number of nitrogens with one attached hydrogen (secondary N) is 1. The molecule has 0 aliphatic rings. The SMILES string of the molecule is CC(C)c1ccc(OCC(=O)N(Cc2c(Cl)cccc2Cl)[C@@H](C)C(=O)NC(C)(C)C)c(Br)c1. The molecule has 0 fully saturated rings. The number of benzene rings is 2. The van der Waals surface area contributed by atoms with Gasteiger partial charge in [0.05, 0.1) is 4.47 Å². The van der Waals surface area contributed by atoms with Crippen molar-refractivity contribution >= 4 is 50.9 Å². The molecule has 0 spiro atoms. The number of hydrogen-bond donors (Lipinski definition) is 1.